The highest BCUT2D eigenvalue weighted by Crippen LogP contribution is 2.29. The smallest absolute Gasteiger partial charge is 0.407 e. The van der Waals surface area contributed by atoms with Crippen molar-refractivity contribution in [1.82, 2.24) is 24.8 Å². The quantitative estimate of drug-likeness (QED) is 0.650. The van der Waals surface area contributed by atoms with Crippen LogP contribution in [0.5, 0.6) is 0 Å². The molecule has 3 heterocycles. The summed E-state index contributed by atoms with van der Waals surface area (Å²) in [4.78, 5) is 21.4. The largest absolute Gasteiger partial charge is 0.444 e. The van der Waals surface area contributed by atoms with Crippen LogP contribution in [0.1, 0.15) is 38.8 Å². The molecule has 0 saturated carbocycles. The van der Waals surface area contributed by atoms with E-state index in [1.54, 1.807) is 6.33 Å². The van der Waals surface area contributed by atoms with Crippen LogP contribution in [-0.4, -0.2) is 63.9 Å². The topological polar surface area (TPSA) is 75.0 Å². The molecule has 1 atom stereocenters. The summed E-state index contributed by atoms with van der Waals surface area (Å²) in [7, 11) is 2.18. The first-order chi connectivity index (χ1) is 15.6. The lowest BCUT2D eigenvalue weighted by molar-refractivity contribution is 0.0523. The van der Waals surface area contributed by atoms with Crippen molar-refractivity contribution in [2.24, 2.45) is 0 Å². The molecule has 1 aliphatic heterocycles. The van der Waals surface area contributed by atoms with Crippen LogP contribution in [0.3, 0.4) is 0 Å². The summed E-state index contributed by atoms with van der Waals surface area (Å²) in [5.41, 5.74) is 5.69. The Labute approximate surface area is 195 Å². The number of hydrogen-bond acceptors (Lipinski definition) is 6. The number of rotatable bonds is 4. The van der Waals surface area contributed by atoms with E-state index in [0.717, 1.165) is 47.5 Å². The van der Waals surface area contributed by atoms with Crippen molar-refractivity contribution < 1.29 is 9.53 Å². The molecule has 176 valence electrons. The van der Waals surface area contributed by atoms with Gasteiger partial charge in [-0.2, -0.15) is 5.10 Å². The molecule has 1 amide bonds. The van der Waals surface area contributed by atoms with Gasteiger partial charge in [-0.3, -0.25) is 0 Å². The molecule has 1 unspecified atom stereocenters. The van der Waals surface area contributed by atoms with Gasteiger partial charge < -0.3 is 19.9 Å². The maximum atomic E-state index is 12.0. The Morgan fingerprint density at radius 2 is 2.03 bits per heavy atom. The van der Waals surface area contributed by atoms with Crippen LogP contribution < -0.4 is 10.2 Å². The van der Waals surface area contributed by atoms with Crippen molar-refractivity contribution in [3.05, 3.63) is 47.9 Å². The number of benzene rings is 1. The predicted octanol–water partition coefficient (Wildman–Crippen LogP) is 3.87. The van der Waals surface area contributed by atoms with E-state index in [0.29, 0.717) is 12.6 Å². The van der Waals surface area contributed by atoms with E-state index in [9.17, 15) is 4.79 Å². The number of fused-ring (bicyclic) bond motifs is 1. The third-order valence-corrected chi connectivity index (χ3v) is 6.15. The first-order valence-electron chi connectivity index (χ1n) is 11.5. The highest BCUT2D eigenvalue weighted by Gasteiger charge is 2.22. The first kappa shape index (κ1) is 23.0. The van der Waals surface area contributed by atoms with Crippen LogP contribution in [0.15, 0.2) is 36.8 Å². The molecule has 0 bridgehead atoms. The average molecular weight is 451 g/mol. The number of carbonyl (C=O) groups excluding carboxylic acids is 1. The predicted molar refractivity (Wildman–Crippen MR) is 131 cm³/mol. The van der Waals surface area contributed by atoms with Gasteiger partial charge in [0, 0.05) is 37.8 Å². The van der Waals surface area contributed by atoms with Crippen molar-refractivity contribution in [2.75, 3.05) is 31.6 Å². The normalized spacial score (nSPS) is 17.4. The Kier molecular flexibility index (Phi) is 6.30. The van der Waals surface area contributed by atoms with Crippen molar-refractivity contribution in [3.8, 4) is 11.3 Å². The number of alkyl carbamates (subject to hydrolysis) is 1. The molecule has 1 aromatic carbocycles. The molecule has 1 saturated heterocycles. The molecule has 3 aromatic rings. The number of amides is 1. The van der Waals surface area contributed by atoms with Crippen LogP contribution in [-0.2, 0) is 11.3 Å². The van der Waals surface area contributed by atoms with Gasteiger partial charge in [-0.1, -0.05) is 12.1 Å². The first-order valence-corrected chi connectivity index (χ1v) is 11.5. The molecule has 2 aromatic heterocycles. The van der Waals surface area contributed by atoms with Crippen molar-refractivity contribution in [2.45, 2.75) is 52.8 Å². The number of carbonyl (C=O) groups is 1. The fourth-order valence-electron chi connectivity index (χ4n) is 4.12. The van der Waals surface area contributed by atoms with Crippen molar-refractivity contribution in [1.29, 1.82) is 0 Å². The standard InChI is InChI=1S/C25H34N6O2/c1-17-11-19(7-8-20(17)13-26-24(32)33-25(3,4)5)23-22-12-21(15-31(22)28-16-27-23)30-10-9-29(6)18(2)14-30/h7-8,11-12,15-16,18H,9-10,13-14H2,1-6H3,(H,26,32). The van der Waals surface area contributed by atoms with Gasteiger partial charge >= 0.3 is 6.09 Å². The molecule has 4 rings (SSSR count). The van der Waals surface area contributed by atoms with Crippen LogP contribution >= 0.6 is 0 Å². The number of nitrogens with one attached hydrogen (secondary N) is 1. The zero-order valence-electron chi connectivity index (χ0n) is 20.4. The van der Waals surface area contributed by atoms with Gasteiger partial charge in [0.25, 0.3) is 0 Å². The summed E-state index contributed by atoms with van der Waals surface area (Å²) in [6.07, 6.45) is 3.28. The summed E-state index contributed by atoms with van der Waals surface area (Å²) < 4.78 is 7.24. The van der Waals surface area contributed by atoms with Crippen molar-refractivity contribution >= 4 is 17.3 Å². The maximum absolute atomic E-state index is 12.0. The van der Waals surface area contributed by atoms with Crippen LogP contribution in [0.4, 0.5) is 10.5 Å². The number of nitrogens with zero attached hydrogens (tertiary/aromatic N) is 5. The summed E-state index contributed by atoms with van der Waals surface area (Å²) in [5, 5.41) is 7.27. The molecule has 1 fully saturated rings. The Morgan fingerprint density at radius 1 is 1.24 bits per heavy atom. The molecule has 33 heavy (non-hydrogen) atoms. The van der Waals surface area contributed by atoms with E-state index < -0.39 is 11.7 Å². The number of anilines is 1. The fourth-order valence-corrected chi connectivity index (χ4v) is 4.12. The van der Waals surface area contributed by atoms with Gasteiger partial charge in [-0.25, -0.2) is 14.3 Å². The molecular weight excluding hydrogens is 416 g/mol. The molecule has 8 nitrogen and oxygen atoms in total. The molecular formula is C25H34N6O2. The third kappa shape index (κ3) is 5.27. The van der Waals surface area contributed by atoms with E-state index in [2.05, 4.69) is 57.5 Å². The minimum atomic E-state index is -0.514. The number of piperazine rings is 1. The number of hydrogen-bond donors (Lipinski definition) is 1. The fraction of sp³-hybridized carbons (Fsp3) is 0.480. The number of aryl methyl sites for hydroxylation is 1. The minimum absolute atomic E-state index is 0.414. The Morgan fingerprint density at radius 3 is 2.73 bits per heavy atom. The summed E-state index contributed by atoms with van der Waals surface area (Å²) in [5.74, 6) is 0. The number of likely N-dealkylation sites (N-methyl/N-ethyl adjacent to an activating group) is 1. The molecule has 0 aliphatic carbocycles. The molecule has 1 aliphatic rings. The lowest BCUT2D eigenvalue weighted by Crippen LogP contribution is -2.50. The molecule has 1 N–H and O–H groups in total. The Bertz CT molecular complexity index is 1150. The van der Waals surface area contributed by atoms with Gasteiger partial charge in [0.05, 0.1) is 23.1 Å². The third-order valence-electron chi connectivity index (χ3n) is 6.15. The van der Waals surface area contributed by atoms with Crippen LogP contribution in [0, 0.1) is 6.92 Å². The zero-order chi connectivity index (χ0) is 23.8. The Hall–Kier alpha value is -3.13. The van der Waals surface area contributed by atoms with E-state index in [1.165, 1.54) is 5.69 Å². The van der Waals surface area contributed by atoms with Gasteiger partial charge in [0.1, 0.15) is 11.9 Å². The monoisotopic (exact) mass is 450 g/mol. The lowest BCUT2D eigenvalue weighted by atomic mass is 10.0. The highest BCUT2D eigenvalue weighted by molar-refractivity contribution is 5.80. The van der Waals surface area contributed by atoms with Gasteiger partial charge in [-0.15, -0.1) is 0 Å². The lowest BCUT2D eigenvalue weighted by Gasteiger charge is -2.38. The minimum Gasteiger partial charge on any atom is -0.444 e. The van der Waals surface area contributed by atoms with Crippen molar-refractivity contribution in [3.63, 3.8) is 0 Å². The second kappa shape index (κ2) is 9.02. The summed E-state index contributed by atoms with van der Waals surface area (Å²) >= 11 is 0. The number of ether oxygens (including phenoxy) is 1. The second-order valence-corrected chi connectivity index (χ2v) is 9.91. The average Bonchev–Trinajstić information content (AvgIpc) is 3.18. The maximum Gasteiger partial charge on any atom is 0.407 e. The van der Waals surface area contributed by atoms with Gasteiger partial charge in [-0.05, 0) is 64.9 Å². The summed E-state index contributed by atoms with van der Waals surface area (Å²) in [6.45, 7) is 13.3. The molecule has 0 spiro atoms. The van der Waals surface area contributed by atoms with Crippen LogP contribution in [0.25, 0.3) is 16.8 Å². The van der Waals surface area contributed by atoms with E-state index >= 15 is 0 Å². The molecule has 0 radical (unpaired) electrons. The summed E-state index contributed by atoms with van der Waals surface area (Å²) in [6, 6.07) is 8.88. The van der Waals surface area contributed by atoms with Crippen LogP contribution in [0.2, 0.25) is 0 Å². The molecule has 8 heteroatoms. The Balaban J connectivity index is 1.54. The van der Waals surface area contributed by atoms with E-state index in [1.807, 2.05) is 44.3 Å². The second-order valence-electron chi connectivity index (χ2n) is 9.91. The van der Waals surface area contributed by atoms with E-state index in [4.69, 9.17) is 4.74 Å². The van der Waals surface area contributed by atoms with Gasteiger partial charge in [0.2, 0.25) is 0 Å². The number of aromatic nitrogens is 3. The SMILES string of the molecule is Cc1cc(-c2ncnn3cc(N4CCN(C)C(C)C4)cc23)ccc1CNC(=O)OC(C)(C)C. The van der Waals surface area contributed by atoms with Gasteiger partial charge in [0.15, 0.2) is 0 Å². The highest BCUT2D eigenvalue weighted by atomic mass is 16.6. The van der Waals surface area contributed by atoms with E-state index in [-0.39, 0.29) is 0 Å². The zero-order valence-corrected chi connectivity index (χ0v) is 20.4.